The first-order valence-corrected chi connectivity index (χ1v) is 10.2. The number of carbonyl (C=O) groups excluding carboxylic acids is 2. The average molecular weight is 392 g/mol. The monoisotopic (exact) mass is 392 g/mol. The highest BCUT2D eigenvalue weighted by Gasteiger charge is 2.68. The van der Waals surface area contributed by atoms with Crippen LogP contribution in [-0.4, -0.2) is 51.9 Å². The van der Waals surface area contributed by atoms with Crippen LogP contribution in [0.2, 0.25) is 0 Å². The van der Waals surface area contributed by atoms with Crippen LogP contribution in [-0.2, 0) is 9.59 Å². The molecule has 154 valence electrons. The average Bonchev–Trinajstić information content (AvgIpc) is 2.92. The zero-order valence-corrected chi connectivity index (χ0v) is 16.4. The summed E-state index contributed by atoms with van der Waals surface area (Å²) in [6, 6.07) is 0. The fourth-order valence-corrected chi connectivity index (χ4v) is 7.31. The van der Waals surface area contributed by atoms with Crippen molar-refractivity contribution in [1.82, 2.24) is 0 Å². The summed E-state index contributed by atoms with van der Waals surface area (Å²) in [5.74, 6) is -1.03. The zero-order valence-electron chi connectivity index (χ0n) is 16.4. The van der Waals surface area contributed by atoms with Crippen molar-refractivity contribution < 1.29 is 29.3 Å². The Morgan fingerprint density at radius 2 is 2.00 bits per heavy atom. The predicted octanol–water partition coefficient (Wildman–Crippen LogP) is 1.90. The Kier molecular flexibility index (Phi) is 4.49. The molecule has 0 aliphatic heterocycles. The van der Waals surface area contributed by atoms with Crippen molar-refractivity contribution in [2.24, 2.45) is 28.6 Å². The summed E-state index contributed by atoms with van der Waals surface area (Å²) in [5, 5.41) is 31.8. The van der Waals surface area contributed by atoms with Gasteiger partial charge in [-0.15, -0.1) is 0 Å². The quantitative estimate of drug-likeness (QED) is 0.682. The van der Waals surface area contributed by atoms with Crippen LogP contribution in [0, 0.1) is 28.6 Å². The SMILES string of the molecule is C[C@]12C(CF)=CC(=O)C=C1CC[C@@H]1[C@@H]2C(O)C[C@@]2(C)[C@H]1CC[C@]2(O)C(=O)CO. The zero-order chi connectivity index (χ0) is 20.5. The lowest BCUT2D eigenvalue weighted by molar-refractivity contribution is -0.179. The van der Waals surface area contributed by atoms with Gasteiger partial charge in [0.2, 0.25) is 0 Å². The number of ketones is 2. The number of carbonyl (C=O) groups is 2. The summed E-state index contributed by atoms with van der Waals surface area (Å²) in [4.78, 5) is 24.4. The summed E-state index contributed by atoms with van der Waals surface area (Å²) in [7, 11) is 0. The largest absolute Gasteiger partial charge is 0.393 e. The second kappa shape index (κ2) is 6.31. The third kappa shape index (κ3) is 2.28. The Labute approximate surface area is 164 Å². The minimum Gasteiger partial charge on any atom is -0.393 e. The van der Waals surface area contributed by atoms with E-state index in [1.807, 2.05) is 13.8 Å². The molecule has 0 bridgehead atoms. The number of halogens is 1. The van der Waals surface area contributed by atoms with E-state index in [1.165, 1.54) is 6.08 Å². The first kappa shape index (κ1) is 19.9. The van der Waals surface area contributed by atoms with E-state index >= 15 is 0 Å². The van der Waals surface area contributed by atoms with E-state index in [2.05, 4.69) is 0 Å². The lowest BCUT2D eigenvalue weighted by atomic mass is 9.45. The van der Waals surface area contributed by atoms with Crippen molar-refractivity contribution in [1.29, 1.82) is 0 Å². The number of aliphatic hydroxyl groups excluding tert-OH is 2. The molecule has 0 heterocycles. The number of alkyl halides is 1. The third-order valence-corrected chi connectivity index (χ3v) is 8.74. The van der Waals surface area contributed by atoms with E-state index in [0.29, 0.717) is 18.4 Å². The van der Waals surface area contributed by atoms with Gasteiger partial charge in [0.1, 0.15) is 18.9 Å². The number of rotatable bonds is 3. The third-order valence-electron chi connectivity index (χ3n) is 8.74. The fourth-order valence-electron chi connectivity index (χ4n) is 7.31. The molecule has 1 unspecified atom stereocenters. The number of hydrogen-bond donors (Lipinski definition) is 3. The molecule has 4 aliphatic rings. The highest BCUT2D eigenvalue weighted by atomic mass is 19.1. The van der Waals surface area contributed by atoms with Crippen molar-refractivity contribution in [3.63, 3.8) is 0 Å². The second-order valence-corrected chi connectivity index (χ2v) is 9.58. The molecule has 28 heavy (non-hydrogen) atoms. The normalized spacial score (nSPS) is 47.6. The van der Waals surface area contributed by atoms with Crippen LogP contribution in [0.1, 0.15) is 46.0 Å². The smallest absolute Gasteiger partial charge is 0.190 e. The van der Waals surface area contributed by atoms with E-state index in [9.17, 15) is 29.3 Å². The molecule has 5 nitrogen and oxygen atoms in total. The maximum Gasteiger partial charge on any atom is 0.190 e. The number of hydrogen-bond acceptors (Lipinski definition) is 5. The fraction of sp³-hybridized carbons (Fsp3) is 0.727. The molecule has 3 fully saturated rings. The lowest BCUT2D eigenvalue weighted by Gasteiger charge is -2.60. The number of Topliss-reactive ketones (excluding diaryl/α,β-unsaturated/α-hetero) is 1. The van der Waals surface area contributed by atoms with Gasteiger partial charge >= 0.3 is 0 Å². The molecular formula is C22H29FO5. The van der Waals surface area contributed by atoms with Crippen LogP contribution < -0.4 is 0 Å². The summed E-state index contributed by atoms with van der Waals surface area (Å²) in [6.07, 6.45) is 4.63. The van der Waals surface area contributed by atoms with Gasteiger partial charge in [0.05, 0.1) is 6.10 Å². The lowest BCUT2D eigenvalue weighted by Crippen LogP contribution is -2.62. The van der Waals surface area contributed by atoms with Crippen molar-refractivity contribution in [2.75, 3.05) is 13.3 Å². The molecule has 0 aromatic heterocycles. The molecule has 0 aromatic rings. The van der Waals surface area contributed by atoms with E-state index < -0.39 is 41.6 Å². The van der Waals surface area contributed by atoms with Crippen LogP contribution >= 0.6 is 0 Å². The Bertz CT molecular complexity index is 770. The summed E-state index contributed by atoms with van der Waals surface area (Å²) in [5.41, 5.74) is -1.87. The first-order valence-electron chi connectivity index (χ1n) is 10.2. The molecule has 0 amide bonds. The van der Waals surface area contributed by atoms with E-state index in [0.717, 1.165) is 12.0 Å². The van der Waals surface area contributed by atoms with Crippen molar-refractivity contribution in [3.8, 4) is 0 Å². The van der Waals surface area contributed by atoms with Crippen molar-refractivity contribution in [3.05, 3.63) is 23.3 Å². The maximum atomic E-state index is 13.9. The van der Waals surface area contributed by atoms with Gasteiger partial charge in [0, 0.05) is 16.7 Å². The number of fused-ring (bicyclic) bond motifs is 5. The Balaban J connectivity index is 1.78. The van der Waals surface area contributed by atoms with E-state index in [1.54, 1.807) is 6.08 Å². The summed E-state index contributed by atoms with van der Waals surface area (Å²) in [6.45, 7) is 2.33. The Hall–Kier alpha value is -1.37. The predicted molar refractivity (Wildman–Crippen MR) is 100.0 cm³/mol. The molecule has 0 radical (unpaired) electrons. The molecule has 0 aromatic carbocycles. The van der Waals surface area contributed by atoms with Gasteiger partial charge in [0.15, 0.2) is 11.6 Å². The number of aliphatic hydroxyl groups is 3. The van der Waals surface area contributed by atoms with Gasteiger partial charge in [-0.2, -0.15) is 0 Å². The second-order valence-electron chi connectivity index (χ2n) is 9.58. The molecule has 0 spiro atoms. The molecule has 3 N–H and O–H groups in total. The molecule has 4 aliphatic carbocycles. The van der Waals surface area contributed by atoms with E-state index in [4.69, 9.17) is 0 Å². The van der Waals surface area contributed by atoms with Crippen LogP contribution in [0.3, 0.4) is 0 Å². The van der Waals surface area contributed by atoms with Gasteiger partial charge in [0.25, 0.3) is 0 Å². The molecule has 4 rings (SSSR count). The Morgan fingerprint density at radius 1 is 1.29 bits per heavy atom. The van der Waals surface area contributed by atoms with Gasteiger partial charge < -0.3 is 15.3 Å². The van der Waals surface area contributed by atoms with Gasteiger partial charge in [-0.05, 0) is 61.7 Å². The van der Waals surface area contributed by atoms with Gasteiger partial charge in [-0.1, -0.05) is 19.4 Å². The van der Waals surface area contributed by atoms with Crippen LogP contribution in [0.4, 0.5) is 4.39 Å². The molecule has 0 saturated heterocycles. The maximum absolute atomic E-state index is 13.9. The number of allylic oxidation sites excluding steroid dienone is 4. The minimum atomic E-state index is -1.64. The molecule has 3 saturated carbocycles. The van der Waals surface area contributed by atoms with Crippen LogP contribution in [0.25, 0.3) is 0 Å². The van der Waals surface area contributed by atoms with Gasteiger partial charge in [-0.25, -0.2) is 4.39 Å². The highest BCUT2D eigenvalue weighted by Crippen LogP contribution is 2.68. The minimum absolute atomic E-state index is 0.00161. The Morgan fingerprint density at radius 3 is 2.64 bits per heavy atom. The van der Waals surface area contributed by atoms with Gasteiger partial charge in [-0.3, -0.25) is 9.59 Å². The first-order chi connectivity index (χ1) is 13.1. The topological polar surface area (TPSA) is 94.8 Å². The molecular weight excluding hydrogens is 363 g/mol. The molecule has 6 heteroatoms. The summed E-state index contributed by atoms with van der Waals surface area (Å²) >= 11 is 0. The van der Waals surface area contributed by atoms with E-state index in [-0.39, 0.29) is 36.4 Å². The summed E-state index contributed by atoms with van der Waals surface area (Å²) < 4.78 is 13.9. The van der Waals surface area contributed by atoms with Crippen LogP contribution in [0.5, 0.6) is 0 Å². The van der Waals surface area contributed by atoms with Crippen molar-refractivity contribution >= 4 is 11.6 Å². The molecule has 7 atom stereocenters. The highest BCUT2D eigenvalue weighted by molar-refractivity contribution is 6.02. The van der Waals surface area contributed by atoms with Crippen molar-refractivity contribution in [2.45, 2.75) is 57.7 Å². The van der Waals surface area contributed by atoms with Crippen LogP contribution in [0.15, 0.2) is 23.3 Å². The standard InChI is InChI=1S/C22H29FO5/c1-20-9-17(26)19-15(16(20)5-6-22(20,28)18(27)11-24)4-3-12-7-14(25)8-13(10-23)21(12,19)2/h7-8,15-17,19,24,26,28H,3-6,9-11H2,1-2H3/t15-,16-,17?,19+,20-,21+,22-/m0/s1.